The summed E-state index contributed by atoms with van der Waals surface area (Å²) in [5.74, 6) is 0. The summed E-state index contributed by atoms with van der Waals surface area (Å²) >= 11 is 1.74. The smallest absolute Gasteiger partial charge is 0.0955 e. The summed E-state index contributed by atoms with van der Waals surface area (Å²) in [6.07, 6.45) is 0.844. The predicted molar refractivity (Wildman–Crippen MR) is 76.6 cm³/mol. The van der Waals surface area contributed by atoms with Crippen molar-refractivity contribution in [1.82, 2.24) is 10.3 Å². The molecular formula is C13H24N2O3S. The summed E-state index contributed by atoms with van der Waals surface area (Å²) in [5, 5.41) is 4.44. The maximum absolute atomic E-state index is 5.46. The van der Waals surface area contributed by atoms with Crippen LogP contribution >= 0.6 is 11.3 Å². The Morgan fingerprint density at radius 2 is 2.00 bits per heavy atom. The van der Waals surface area contributed by atoms with Crippen LogP contribution in [0.5, 0.6) is 0 Å². The first-order valence-corrected chi connectivity index (χ1v) is 7.37. The minimum Gasteiger partial charge on any atom is -0.382 e. The molecule has 1 heterocycles. The number of aromatic nitrogens is 1. The summed E-state index contributed by atoms with van der Waals surface area (Å²) in [6.45, 7) is 6.44. The van der Waals surface area contributed by atoms with E-state index in [9.17, 15) is 0 Å². The highest BCUT2D eigenvalue weighted by molar-refractivity contribution is 7.11. The lowest BCUT2D eigenvalue weighted by Crippen LogP contribution is -2.12. The van der Waals surface area contributed by atoms with Crippen LogP contribution in [0.3, 0.4) is 0 Å². The molecule has 19 heavy (non-hydrogen) atoms. The number of methoxy groups -OCH3 is 2. The molecule has 0 atom stereocenters. The standard InChI is InChI=1S/C13H24N2O3S/c1-4-14-9-12-11(10-17-3)15-13(19-12)5-6-18-8-7-16-2/h14H,4-10H2,1-3H3. The molecule has 6 heteroatoms. The van der Waals surface area contributed by atoms with Crippen LogP contribution in [0.1, 0.15) is 22.5 Å². The van der Waals surface area contributed by atoms with Gasteiger partial charge in [0.2, 0.25) is 0 Å². The number of ether oxygens (including phenoxy) is 3. The highest BCUT2D eigenvalue weighted by atomic mass is 32.1. The highest BCUT2D eigenvalue weighted by Crippen LogP contribution is 2.20. The zero-order valence-electron chi connectivity index (χ0n) is 12.0. The van der Waals surface area contributed by atoms with E-state index in [1.807, 2.05) is 0 Å². The number of hydrogen-bond acceptors (Lipinski definition) is 6. The second-order valence-corrected chi connectivity index (χ2v) is 5.21. The summed E-state index contributed by atoms with van der Waals surface area (Å²) in [6, 6.07) is 0. The summed E-state index contributed by atoms with van der Waals surface area (Å²) < 4.78 is 15.6. The molecule has 1 N–H and O–H groups in total. The van der Waals surface area contributed by atoms with Crippen molar-refractivity contribution in [2.24, 2.45) is 0 Å². The Morgan fingerprint density at radius 1 is 1.16 bits per heavy atom. The van der Waals surface area contributed by atoms with Gasteiger partial charge in [-0.25, -0.2) is 4.98 Å². The lowest BCUT2D eigenvalue weighted by atomic mass is 10.3. The third-order valence-electron chi connectivity index (χ3n) is 2.53. The molecule has 0 aliphatic rings. The van der Waals surface area contributed by atoms with E-state index >= 15 is 0 Å². The first-order valence-electron chi connectivity index (χ1n) is 6.55. The number of nitrogens with zero attached hydrogens (tertiary/aromatic N) is 1. The molecule has 5 nitrogen and oxygen atoms in total. The van der Waals surface area contributed by atoms with Crippen molar-refractivity contribution in [3.05, 3.63) is 15.6 Å². The first-order chi connectivity index (χ1) is 9.31. The van der Waals surface area contributed by atoms with Crippen LogP contribution in [0, 0.1) is 0 Å². The van der Waals surface area contributed by atoms with E-state index in [0.717, 1.165) is 30.2 Å². The van der Waals surface area contributed by atoms with Gasteiger partial charge in [0.15, 0.2) is 0 Å². The van der Waals surface area contributed by atoms with Crippen molar-refractivity contribution >= 4 is 11.3 Å². The van der Waals surface area contributed by atoms with Crippen molar-refractivity contribution in [3.63, 3.8) is 0 Å². The van der Waals surface area contributed by atoms with Crippen molar-refractivity contribution in [3.8, 4) is 0 Å². The van der Waals surface area contributed by atoms with Gasteiger partial charge in [0.05, 0.1) is 37.1 Å². The van der Waals surface area contributed by atoms with Gasteiger partial charge in [0.1, 0.15) is 0 Å². The maximum Gasteiger partial charge on any atom is 0.0955 e. The van der Waals surface area contributed by atoms with E-state index < -0.39 is 0 Å². The number of nitrogens with one attached hydrogen (secondary N) is 1. The van der Waals surface area contributed by atoms with Crippen LogP contribution in [0.4, 0.5) is 0 Å². The molecule has 0 unspecified atom stereocenters. The number of rotatable bonds is 11. The molecular weight excluding hydrogens is 264 g/mol. The molecule has 110 valence electrons. The zero-order chi connectivity index (χ0) is 13.9. The minimum atomic E-state index is 0.571. The average molecular weight is 288 g/mol. The third-order valence-corrected chi connectivity index (χ3v) is 3.69. The van der Waals surface area contributed by atoms with Gasteiger partial charge in [0, 0.05) is 32.1 Å². The Hall–Kier alpha value is -0.530. The third kappa shape index (κ3) is 6.44. The van der Waals surface area contributed by atoms with Crippen LogP contribution in [-0.2, 0) is 33.8 Å². The lowest BCUT2D eigenvalue weighted by molar-refractivity contribution is 0.0722. The summed E-state index contributed by atoms with van der Waals surface area (Å²) in [7, 11) is 3.37. The Labute approximate surface area is 119 Å². The fourth-order valence-electron chi connectivity index (χ4n) is 1.57. The van der Waals surface area contributed by atoms with Gasteiger partial charge in [0.25, 0.3) is 0 Å². The molecule has 0 aliphatic heterocycles. The van der Waals surface area contributed by atoms with E-state index in [2.05, 4.69) is 17.2 Å². The Bertz CT molecular complexity index is 345. The Balaban J connectivity index is 2.44. The van der Waals surface area contributed by atoms with Gasteiger partial charge >= 0.3 is 0 Å². The molecule has 1 rings (SSSR count). The molecule has 0 amide bonds. The predicted octanol–water partition coefficient (Wildman–Crippen LogP) is 1.60. The molecule has 1 aromatic heterocycles. The van der Waals surface area contributed by atoms with Crippen molar-refractivity contribution < 1.29 is 14.2 Å². The second-order valence-electron chi connectivity index (χ2n) is 4.05. The number of hydrogen-bond donors (Lipinski definition) is 1. The molecule has 0 aromatic carbocycles. The van der Waals surface area contributed by atoms with Crippen molar-refractivity contribution in [1.29, 1.82) is 0 Å². The molecule has 0 saturated heterocycles. The van der Waals surface area contributed by atoms with Gasteiger partial charge < -0.3 is 19.5 Å². The summed E-state index contributed by atoms with van der Waals surface area (Å²) in [4.78, 5) is 5.87. The molecule has 0 bridgehead atoms. The molecule has 0 radical (unpaired) electrons. The van der Waals surface area contributed by atoms with E-state index in [1.165, 1.54) is 4.88 Å². The van der Waals surface area contributed by atoms with Crippen molar-refractivity contribution in [2.75, 3.05) is 40.6 Å². The molecule has 0 spiro atoms. The fraction of sp³-hybridized carbons (Fsp3) is 0.769. The highest BCUT2D eigenvalue weighted by Gasteiger charge is 2.10. The zero-order valence-corrected chi connectivity index (χ0v) is 12.8. The van der Waals surface area contributed by atoms with Crippen LogP contribution in [0.25, 0.3) is 0 Å². The molecule has 0 fully saturated rings. The SMILES string of the molecule is CCNCc1sc(CCOCCOC)nc1COC. The van der Waals surface area contributed by atoms with E-state index in [1.54, 1.807) is 25.6 Å². The Kier molecular flexibility index (Phi) is 8.94. The quantitative estimate of drug-likeness (QED) is 0.627. The van der Waals surface area contributed by atoms with Crippen LogP contribution in [-0.4, -0.2) is 45.6 Å². The van der Waals surface area contributed by atoms with Crippen LogP contribution in [0.15, 0.2) is 0 Å². The van der Waals surface area contributed by atoms with E-state index in [4.69, 9.17) is 14.2 Å². The lowest BCUT2D eigenvalue weighted by Gasteiger charge is -2.01. The molecule has 1 aromatic rings. The van der Waals surface area contributed by atoms with Gasteiger partial charge in [-0.1, -0.05) is 6.92 Å². The van der Waals surface area contributed by atoms with E-state index in [0.29, 0.717) is 26.4 Å². The van der Waals surface area contributed by atoms with Crippen LogP contribution in [0.2, 0.25) is 0 Å². The fourth-order valence-corrected chi connectivity index (χ4v) is 2.60. The average Bonchev–Trinajstić information content (AvgIpc) is 2.79. The minimum absolute atomic E-state index is 0.571. The number of thiazole rings is 1. The monoisotopic (exact) mass is 288 g/mol. The van der Waals surface area contributed by atoms with Crippen molar-refractivity contribution in [2.45, 2.75) is 26.5 Å². The topological polar surface area (TPSA) is 52.6 Å². The summed E-state index contributed by atoms with van der Waals surface area (Å²) in [5.41, 5.74) is 1.04. The second kappa shape index (κ2) is 10.3. The van der Waals surface area contributed by atoms with E-state index in [-0.39, 0.29) is 0 Å². The normalized spacial score (nSPS) is 11.1. The molecule has 0 aliphatic carbocycles. The maximum atomic E-state index is 5.46. The van der Waals surface area contributed by atoms with Gasteiger partial charge in [-0.3, -0.25) is 0 Å². The van der Waals surface area contributed by atoms with Crippen LogP contribution < -0.4 is 5.32 Å². The van der Waals surface area contributed by atoms with Gasteiger partial charge in [-0.15, -0.1) is 11.3 Å². The van der Waals surface area contributed by atoms with Gasteiger partial charge in [-0.2, -0.15) is 0 Å². The first kappa shape index (κ1) is 16.5. The molecule has 0 saturated carbocycles. The largest absolute Gasteiger partial charge is 0.382 e. The van der Waals surface area contributed by atoms with Gasteiger partial charge in [-0.05, 0) is 6.54 Å². The Morgan fingerprint density at radius 3 is 2.68 bits per heavy atom.